The second kappa shape index (κ2) is 4.85. The van der Waals surface area contributed by atoms with E-state index in [0.717, 1.165) is 19.5 Å². The van der Waals surface area contributed by atoms with Crippen LogP contribution in [0.1, 0.15) is 43.2 Å². The Morgan fingerprint density at radius 1 is 1.33 bits per heavy atom. The molecule has 3 rings (SSSR count). The Morgan fingerprint density at radius 2 is 2.17 bits per heavy atom. The molecule has 1 aromatic rings. The van der Waals surface area contributed by atoms with Crippen molar-refractivity contribution >= 4 is 5.78 Å². The lowest BCUT2D eigenvalue weighted by atomic mass is 9.77. The Morgan fingerprint density at radius 3 is 2.94 bits per heavy atom. The highest BCUT2D eigenvalue weighted by atomic mass is 16.1. The number of likely N-dealkylation sites (tertiary alicyclic amines) is 1. The second-order valence-corrected chi connectivity index (χ2v) is 5.72. The third-order valence-electron chi connectivity index (χ3n) is 4.50. The quantitative estimate of drug-likeness (QED) is 0.813. The molecule has 2 unspecified atom stereocenters. The van der Waals surface area contributed by atoms with Gasteiger partial charge in [-0.15, -0.1) is 0 Å². The Bertz CT molecular complexity index is 454. The summed E-state index contributed by atoms with van der Waals surface area (Å²) in [5.74, 6) is 1.00. The number of piperidine rings is 1. The number of nitrogens with zero attached hydrogens (tertiary/aromatic N) is 1. The molecule has 1 aliphatic carbocycles. The molecule has 2 atom stereocenters. The summed E-state index contributed by atoms with van der Waals surface area (Å²) in [5.41, 5.74) is 3.00. The van der Waals surface area contributed by atoms with Gasteiger partial charge in [0.1, 0.15) is 5.78 Å². The van der Waals surface area contributed by atoms with E-state index >= 15 is 0 Å². The van der Waals surface area contributed by atoms with E-state index in [9.17, 15) is 4.79 Å². The van der Waals surface area contributed by atoms with Crippen LogP contribution in [0.25, 0.3) is 0 Å². The molecule has 18 heavy (non-hydrogen) atoms. The molecule has 0 bridgehead atoms. The SMILES string of the molecule is CC(=O)C1CCCCN1CC1Cc2ccccc21. The van der Waals surface area contributed by atoms with Gasteiger partial charge in [-0.1, -0.05) is 30.7 Å². The minimum Gasteiger partial charge on any atom is -0.298 e. The maximum absolute atomic E-state index is 11.7. The first-order valence-corrected chi connectivity index (χ1v) is 7.08. The average Bonchev–Trinajstić information content (AvgIpc) is 2.36. The number of carbonyl (C=O) groups is 1. The van der Waals surface area contributed by atoms with Gasteiger partial charge in [0, 0.05) is 12.5 Å². The molecule has 2 aliphatic rings. The lowest BCUT2D eigenvalue weighted by Crippen LogP contribution is -2.46. The van der Waals surface area contributed by atoms with Crippen molar-refractivity contribution in [3.05, 3.63) is 35.4 Å². The van der Waals surface area contributed by atoms with Gasteiger partial charge in [0.15, 0.2) is 0 Å². The van der Waals surface area contributed by atoms with Gasteiger partial charge in [-0.05, 0) is 43.9 Å². The molecule has 1 aromatic carbocycles. The number of hydrogen-bond donors (Lipinski definition) is 0. The van der Waals surface area contributed by atoms with E-state index in [-0.39, 0.29) is 6.04 Å². The molecule has 1 aliphatic heterocycles. The van der Waals surface area contributed by atoms with Gasteiger partial charge in [-0.3, -0.25) is 9.69 Å². The van der Waals surface area contributed by atoms with Crippen molar-refractivity contribution in [2.45, 2.75) is 44.6 Å². The van der Waals surface area contributed by atoms with E-state index in [1.807, 2.05) is 0 Å². The summed E-state index contributed by atoms with van der Waals surface area (Å²) in [6.07, 6.45) is 4.71. The number of Topliss-reactive ketones (excluding diaryl/α,β-unsaturated/α-hetero) is 1. The van der Waals surface area contributed by atoms with Crippen LogP contribution in [0.2, 0.25) is 0 Å². The van der Waals surface area contributed by atoms with Gasteiger partial charge in [-0.25, -0.2) is 0 Å². The molecule has 0 N–H and O–H groups in total. The molecule has 1 saturated heterocycles. The molecule has 0 spiro atoms. The van der Waals surface area contributed by atoms with Gasteiger partial charge >= 0.3 is 0 Å². The summed E-state index contributed by atoms with van der Waals surface area (Å²) in [6.45, 7) is 3.92. The maximum atomic E-state index is 11.7. The first-order chi connectivity index (χ1) is 8.75. The van der Waals surface area contributed by atoms with Crippen molar-refractivity contribution in [1.29, 1.82) is 0 Å². The highest BCUT2D eigenvalue weighted by molar-refractivity contribution is 5.81. The largest absolute Gasteiger partial charge is 0.298 e. The van der Waals surface area contributed by atoms with E-state index in [1.165, 1.54) is 30.4 Å². The number of ketones is 1. The van der Waals surface area contributed by atoms with Crippen LogP contribution in [0.4, 0.5) is 0 Å². The first kappa shape index (κ1) is 11.9. The van der Waals surface area contributed by atoms with Gasteiger partial charge in [-0.2, -0.15) is 0 Å². The molecule has 0 radical (unpaired) electrons. The van der Waals surface area contributed by atoms with E-state index in [0.29, 0.717) is 11.7 Å². The van der Waals surface area contributed by atoms with E-state index in [4.69, 9.17) is 0 Å². The Hall–Kier alpha value is -1.15. The zero-order valence-corrected chi connectivity index (χ0v) is 11.1. The van der Waals surface area contributed by atoms with E-state index in [1.54, 1.807) is 6.92 Å². The average molecular weight is 243 g/mol. The van der Waals surface area contributed by atoms with E-state index in [2.05, 4.69) is 29.2 Å². The van der Waals surface area contributed by atoms with Crippen molar-refractivity contribution in [3.8, 4) is 0 Å². The number of fused-ring (bicyclic) bond motifs is 1. The summed E-state index contributed by atoms with van der Waals surface area (Å²) in [4.78, 5) is 14.1. The van der Waals surface area contributed by atoms with Crippen molar-refractivity contribution < 1.29 is 4.79 Å². The second-order valence-electron chi connectivity index (χ2n) is 5.72. The van der Waals surface area contributed by atoms with Crippen LogP contribution >= 0.6 is 0 Å². The van der Waals surface area contributed by atoms with Crippen LogP contribution in [-0.2, 0) is 11.2 Å². The molecule has 2 nitrogen and oxygen atoms in total. The van der Waals surface area contributed by atoms with Gasteiger partial charge in [0.25, 0.3) is 0 Å². The monoisotopic (exact) mass is 243 g/mol. The standard InChI is InChI=1S/C16H21NO/c1-12(18)16-8-4-5-9-17(16)11-14-10-13-6-2-3-7-15(13)14/h2-3,6-7,14,16H,4-5,8-11H2,1H3. The van der Waals surface area contributed by atoms with Crippen LogP contribution in [-0.4, -0.2) is 29.8 Å². The van der Waals surface area contributed by atoms with Crippen LogP contribution in [0.3, 0.4) is 0 Å². The number of carbonyl (C=O) groups excluding carboxylic acids is 1. The fourth-order valence-corrected chi connectivity index (χ4v) is 3.48. The van der Waals surface area contributed by atoms with Crippen molar-refractivity contribution in [2.24, 2.45) is 0 Å². The fraction of sp³-hybridized carbons (Fsp3) is 0.562. The highest BCUT2D eigenvalue weighted by Crippen LogP contribution is 2.36. The predicted molar refractivity (Wildman–Crippen MR) is 72.8 cm³/mol. The number of rotatable bonds is 3. The van der Waals surface area contributed by atoms with Crippen LogP contribution in [0, 0.1) is 0 Å². The Balaban J connectivity index is 1.68. The zero-order valence-electron chi connectivity index (χ0n) is 11.1. The number of benzene rings is 1. The van der Waals surface area contributed by atoms with Crippen LogP contribution in [0.15, 0.2) is 24.3 Å². The summed E-state index contributed by atoms with van der Waals surface area (Å²) in [6, 6.07) is 8.91. The fourth-order valence-electron chi connectivity index (χ4n) is 3.48. The first-order valence-electron chi connectivity index (χ1n) is 7.08. The number of hydrogen-bond acceptors (Lipinski definition) is 2. The lowest BCUT2D eigenvalue weighted by Gasteiger charge is -2.40. The molecule has 1 heterocycles. The van der Waals surface area contributed by atoms with Gasteiger partial charge in [0.2, 0.25) is 0 Å². The van der Waals surface area contributed by atoms with Crippen molar-refractivity contribution in [1.82, 2.24) is 4.90 Å². The van der Waals surface area contributed by atoms with Crippen molar-refractivity contribution in [3.63, 3.8) is 0 Å². The Kier molecular flexibility index (Phi) is 3.21. The minimum atomic E-state index is 0.187. The van der Waals surface area contributed by atoms with E-state index < -0.39 is 0 Å². The Labute approximate surface area is 109 Å². The van der Waals surface area contributed by atoms with Gasteiger partial charge in [0.05, 0.1) is 6.04 Å². The summed E-state index contributed by atoms with van der Waals surface area (Å²) in [7, 11) is 0. The molecular formula is C16H21NO. The molecule has 0 saturated carbocycles. The van der Waals surface area contributed by atoms with Crippen LogP contribution in [0.5, 0.6) is 0 Å². The lowest BCUT2D eigenvalue weighted by molar-refractivity contribution is -0.123. The van der Waals surface area contributed by atoms with Gasteiger partial charge < -0.3 is 0 Å². The summed E-state index contributed by atoms with van der Waals surface area (Å²) < 4.78 is 0. The molecule has 0 aromatic heterocycles. The molecule has 0 amide bonds. The maximum Gasteiger partial charge on any atom is 0.146 e. The summed E-state index contributed by atoms with van der Waals surface area (Å²) >= 11 is 0. The predicted octanol–water partition coefficient (Wildman–Crippen LogP) is 2.77. The highest BCUT2D eigenvalue weighted by Gasteiger charge is 2.32. The normalized spacial score (nSPS) is 27.4. The molecular weight excluding hydrogens is 222 g/mol. The molecule has 2 heteroatoms. The summed E-state index contributed by atoms with van der Waals surface area (Å²) in [5, 5.41) is 0. The minimum absolute atomic E-state index is 0.187. The topological polar surface area (TPSA) is 20.3 Å². The third kappa shape index (κ3) is 2.10. The smallest absolute Gasteiger partial charge is 0.146 e. The third-order valence-corrected chi connectivity index (χ3v) is 4.50. The molecule has 1 fully saturated rings. The molecule has 96 valence electrons. The van der Waals surface area contributed by atoms with Crippen LogP contribution < -0.4 is 0 Å². The zero-order chi connectivity index (χ0) is 12.5. The van der Waals surface area contributed by atoms with Crippen molar-refractivity contribution in [2.75, 3.05) is 13.1 Å².